The molecule has 1 aromatic rings. The SMILES string of the molecule is C#CCC(CC)NC(=O)c1ccc(C#N)cn1. The topological polar surface area (TPSA) is 65.8 Å². The highest BCUT2D eigenvalue weighted by atomic mass is 16.1. The fourth-order valence-electron chi connectivity index (χ4n) is 1.29. The molecule has 86 valence electrons. The molecule has 1 atom stereocenters. The average molecular weight is 227 g/mol. The van der Waals surface area contributed by atoms with Crippen molar-refractivity contribution in [1.29, 1.82) is 5.26 Å². The maximum Gasteiger partial charge on any atom is 0.270 e. The van der Waals surface area contributed by atoms with Crippen molar-refractivity contribution in [2.45, 2.75) is 25.8 Å². The molecule has 1 rings (SSSR count). The quantitative estimate of drug-likeness (QED) is 0.792. The van der Waals surface area contributed by atoms with E-state index >= 15 is 0 Å². The monoisotopic (exact) mass is 227 g/mol. The lowest BCUT2D eigenvalue weighted by Gasteiger charge is -2.13. The van der Waals surface area contributed by atoms with Crippen LogP contribution in [0.1, 0.15) is 35.8 Å². The lowest BCUT2D eigenvalue weighted by molar-refractivity contribution is 0.0931. The summed E-state index contributed by atoms with van der Waals surface area (Å²) >= 11 is 0. The van der Waals surface area contributed by atoms with Crippen molar-refractivity contribution in [3.05, 3.63) is 29.6 Å². The van der Waals surface area contributed by atoms with Crippen LogP contribution in [0.25, 0.3) is 0 Å². The van der Waals surface area contributed by atoms with E-state index < -0.39 is 0 Å². The Labute approximate surface area is 101 Å². The second-order valence-electron chi connectivity index (χ2n) is 3.53. The Hall–Kier alpha value is -2.33. The highest BCUT2D eigenvalue weighted by molar-refractivity contribution is 5.92. The van der Waals surface area contributed by atoms with Gasteiger partial charge in [0.25, 0.3) is 5.91 Å². The average Bonchev–Trinajstić information content (AvgIpc) is 2.38. The summed E-state index contributed by atoms with van der Waals surface area (Å²) in [5.74, 6) is 2.25. The molecule has 0 aromatic carbocycles. The van der Waals surface area contributed by atoms with Crippen LogP contribution in [0.4, 0.5) is 0 Å². The van der Waals surface area contributed by atoms with E-state index in [-0.39, 0.29) is 11.9 Å². The first kappa shape index (κ1) is 12.7. The molecular formula is C13H13N3O. The number of amides is 1. The van der Waals surface area contributed by atoms with E-state index in [1.54, 1.807) is 6.07 Å². The van der Waals surface area contributed by atoms with E-state index in [1.165, 1.54) is 12.3 Å². The minimum absolute atomic E-state index is 0.0371. The highest BCUT2D eigenvalue weighted by Crippen LogP contribution is 2.02. The first-order chi connectivity index (χ1) is 8.21. The maximum absolute atomic E-state index is 11.8. The largest absolute Gasteiger partial charge is 0.347 e. The van der Waals surface area contributed by atoms with Gasteiger partial charge in [0.05, 0.1) is 5.56 Å². The zero-order valence-electron chi connectivity index (χ0n) is 9.60. The van der Waals surface area contributed by atoms with Gasteiger partial charge in [-0.1, -0.05) is 6.92 Å². The molecule has 1 amide bonds. The molecule has 0 saturated heterocycles. The van der Waals surface area contributed by atoms with Crippen molar-refractivity contribution in [2.75, 3.05) is 0 Å². The molecule has 0 radical (unpaired) electrons. The molecule has 0 aliphatic rings. The number of pyridine rings is 1. The van der Waals surface area contributed by atoms with Crippen molar-refractivity contribution in [3.63, 3.8) is 0 Å². The molecule has 0 fully saturated rings. The summed E-state index contributed by atoms with van der Waals surface area (Å²) in [6, 6.07) is 4.99. The van der Waals surface area contributed by atoms with Gasteiger partial charge in [0.1, 0.15) is 11.8 Å². The third-order valence-corrected chi connectivity index (χ3v) is 2.32. The van der Waals surface area contributed by atoms with Crippen molar-refractivity contribution >= 4 is 5.91 Å². The zero-order valence-corrected chi connectivity index (χ0v) is 9.60. The van der Waals surface area contributed by atoms with E-state index in [4.69, 9.17) is 11.7 Å². The zero-order chi connectivity index (χ0) is 12.7. The normalized spacial score (nSPS) is 11.0. The molecule has 0 aliphatic heterocycles. The van der Waals surface area contributed by atoms with Crippen LogP contribution < -0.4 is 5.32 Å². The van der Waals surface area contributed by atoms with Gasteiger partial charge in [-0.05, 0) is 18.6 Å². The molecule has 4 heteroatoms. The van der Waals surface area contributed by atoms with Crippen LogP contribution in [0, 0.1) is 23.7 Å². The first-order valence-corrected chi connectivity index (χ1v) is 5.31. The molecule has 1 unspecified atom stereocenters. The van der Waals surface area contributed by atoms with Gasteiger partial charge in [-0.15, -0.1) is 12.3 Å². The fourth-order valence-corrected chi connectivity index (χ4v) is 1.29. The second kappa shape index (κ2) is 6.30. The second-order valence-corrected chi connectivity index (χ2v) is 3.53. The van der Waals surface area contributed by atoms with Crippen LogP contribution in [0.2, 0.25) is 0 Å². The predicted octanol–water partition coefficient (Wildman–Crippen LogP) is 1.48. The predicted molar refractivity (Wildman–Crippen MR) is 63.9 cm³/mol. The summed E-state index contributed by atoms with van der Waals surface area (Å²) in [6.45, 7) is 1.95. The van der Waals surface area contributed by atoms with Crippen molar-refractivity contribution in [2.24, 2.45) is 0 Å². The summed E-state index contributed by atoms with van der Waals surface area (Å²) in [6.07, 6.45) is 7.84. The maximum atomic E-state index is 11.8. The number of hydrogen-bond acceptors (Lipinski definition) is 3. The van der Waals surface area contributed by atoms with Gasteiger partial charge in [-0.3, -0.25) is 4.79 Å². The molecule has 0 aliphatic carbocycles. The number of terminal acetylenes is 1. The standard InChI is InChI=1S/C13H13N3O/c1-3-5-11(4-2)16-13(17)12-7-6-10(8-14)9-15-12/h1,6-7,9,11H,4-5H2,2H3,(H,16,17). The molecule has 0 spiro atoms. The van der Waals surface area contributed by atoms with E-state index in [1.807, 2.05) is 13.0 Å². The molecule has 4 nitrogen and oxygen atoms in total. The molecule has 17 heavy (non-hydrogen) atoms. The van der Waals surface area contributed by atoms with Crippen LogP contribution in [-0.4, -0.2) is 16.9 Å². The minimum atomic E-state index is -0.267. The van der Waals surface area contributed by atoms with Gasteiger partial charge in [-0.2, -0.15) is 5.26 Å². The minimum Gasteiger partial charge on any atom is -0.347 e. The molecule has 0 bridgehead atoms. The Morgan fingerprint density at radius 1 is 1.65 bits per heavy atom. The lowest BCUT2D eigenvalue weighted by atomic mass is 10.1. The molecule has 1 aromatic heterocycles. The van der Waals surface area contributed by atoms with Crippen LogP contribution in [-0.2, 0) is 0 Å². The van der Waals surface area contributed by atoms with Gasteiger partial charge < -0.3 is 5.32 Å². The van der Waals surface area contributed by atoms with E-state index in [2.05, 4.69) is 16.2 Å². The third kappa shape index (κ3) is 3.62. The molecule has 1 N–H and O–H groups in total. The fraction of sp³-hybridized carbons (Fsp3) is 0.308. The number of hydrogen-bond donors (Lipinski definition) is 1. The van der Waals surface area contributed by atoms with Crippen molar-refractivity contribution < 1.29 is 4.79 Å². The summed E-state index contributed by atoms with van der Waals surface area (Å²) in [5.41, 5.74) is 0.719. The summed E-state index contributed by atoms with van der Waals surface area (Å²) in [5, 5.41) is 11.4. The molecular weight excluding hydrogens is 214 g/mol. The van der Waals surface area contributed by atoms with Crippen molar-refractivity contribution in [1.82, 2.24) is 10.3 Å². The number of nitrogens with zero attached hydrogens (tertiary/aromatic N) is 2. The number of nitrogens with one attached hydrogen (secondary N) is 1. The third-order valence-electron chi connectivity index (χ3n) is 2.32. The van der Waals surface area contributed by atoms with Gasteiger partial charge in [0, 0.05) is 18.7 Å². The van der Waals surface area contributed by atoms with Gasteiger partial charge in [0.2, 0.25) is 0 Å². The molecule has 1 heterocycles. The van der Waals surface area contributed by atoms with Crippen LogP contribution in [0.5, 0.6) is 0 Å². The number of nitriles is 1. The van der Waals surface area contributed by atoms with E-state index in [0.29, 0.717) is 17.7 Å². The number of aromatic nitrogens is 1. The number of carbonyl (C=O) groups excluding carboxylic acids is 1. The van der Waals surface area contributed by atoms with Gasteiger partial charge in [0.15, 0.2) is 0 Å². The van der Waals surface area contributed by atoms with E-state index in [0.717, 1.165) is 6.42 Å². The van der Waals surface area contributed by atoms with Crippen molar-refractivity contribution in [3.8, 4) is 18.4 Å². The first-order valence-electron chi connectivity index (χ1n) is 5.31. The van der Waals surface area contributed by atoms with Crippen LogP contribution in [0.3, 0.4) is 0 Å². The number of carbonyl (C=O) groups is 1. The van der Waals surface area contributed by atoms with Gasteiger partial charge >= 0.3 is 0 Å². The highest BCUT2D eigenvalue weighted by Gasteiger charge is 2.12. The Morgan fingerprint density at radius 2 is 2.41 bits per heavy atom. The Morgan fingerprint density at radius 3 is 2.88 bits per heavy atom. The smallest absolute Gasteiger partial charge is 0.270 e. The lowest BCUT2D eigenvalue weighted by Crippen LogP contribution is -2.34. The number of rotatable bonds is 4. The Bertz CT molecular complexity index is 465. The summed E-state index contributed by atoms with van der Waals surface area (Å²) < 4.78 is 0. The Kier molecular flexibility index (Phi) is 4.72. The Balaban J connectivity index is 2.70. The van der Waals surface area contributed by atoms with Gasteiger partial charge in [-0.25, -0.2) is 4.98 Å². The van der Waals surface area contributed by atoms with E-state index in [9.17, 15) is 4.79 Å². The van der Waals surface area contributed by atoms with Crippen LogP contribution >= 0.6 is 0 Å². The van der Waals surface area contributed by atoms with Crippen LogP contribution in [0.15, 0.2) is 18.3 Å². The summed E-state index contributed by atoms with van der Waals surface area (Å²) in [7, 11) is 0. The molecule has 0 saturated carbocycles. The summed E-state index contributed by atoms with van der Waals surface area (Å²) in [4.78, 5) is 15.7.